The Morgan fingerprint density at radius 1 is 0.674 bits per heavy atom. The van der Waals surface area contributed by atoms with Gasteiger partial charge in [0.2, 0.25) is 5.91 Å². The Labute approximate surface area is 271 Å². The third-order valence-electron chi connectivity index (χ3n) is 6.64. The van der Waals surface area contributed by atoms with Crippen LogP contribution in [0.2, 0.25) is 0 Å². The summed E-state index contributed by atoms with van der Waals surface area (Å²) in [6, 6.07) is 23.0. The molecule has 246 valence electrons. The summed E-state index contributed by atoms with van der Waals surface area (Å²) in [5, 5.41) is 8.21. The van der Waals surface area contributed by atoms with Crippen LogP contribution in [0, 0.1) is 0 Å². The number of carbonyl (C=O) groups is 4. The van der Waals surface area contributed by atoms with Gasteiger partial charge in [0.1, 0.15) is 18.8 Å². The number of unbranched alkanes of at least 4 members (excludes halogenated alkanes) is 5. The highest BCUT2D eigenvalue weighted by atomic mass is 16.6. The van der Waals surface area contributed by atoms with Crippen molar-refractivity contribution < 1.29 is 33.4 Å². The molecule has 0 aromatic heterocycles. The van der Waals surface area contributed by atoms with Gasteiger partial charge in [-0.05, 0) is 75.6 Å². The summed E-state index contributed by atoms with van der Waals surface area (Å²) in [6.45, 7) is 6.05. The van der Waals surface area contributed by atoms with Gasteiger partial charge >= 0.3 is 12.1 Å². The minimum Gasteiger partial charge on any atom is -0.461 e. The predicted molar refractivity (Wildman–Crippen MR) is 179 cm³/mol. The standard InChI is InChI=1S/C36H45N3O7/c1-36(2,3)46-35(43)39-31-18-13-12-17-30(31)38-34(42)28-20-22-29(23-21-28)37-32(40)26-44-24-14-7-5-4-6-11-19-33(41)45-25-27-15-9-8-10-16-27/h8-10,12-13,15-18,20-23H,4-7,11,14,19,24-26H2,1-3H3,(H,37,40)(H,38,42)(H,39,43). The van der Waals surface area contributed by atoms with Crippen LogP contribution in [0.1, 0.15) is 81.6 Å². The molecule has 3 aromatic carbocycles. The van der Waals surface area contributed by atoms with E-state index in [-0.39, 0.29) is 24.4 Å². The van der Waals surface area contributed by atoms with E-state index in [0.29, 0.717) is 42.3 Å². The molecule has 3 rings (SSSR count). The molecule has 10 heteroatoms. The average molecular weight is 632 g/mol. The van der Waals surface area contributed by atoms with E-state index in [1.165, 1.54) is 0 Å². The lowest BCUT2D eigenvalue weighted by atomic mass is 10.1. The van der Waals surface area contributed by atoms with E-state index in [1.54, 1.807) is 69.3 Å². The molecule has 3 aromatic rings. The number of nitrogens with one attached hydrogen (secondary N) is 3. The maximum atomic E-state index is 12.8. The quantitative estimate of drug-likeness (QED) is 0.103. The van der Waals surface area contributed by atoms with Gasteiger partial charge in [0.05, 0.1) is 11.4 Å². The lowest BCUT2D eigenvalue weighted by Crippen LogP contribution is -2.27. The Morgan fingerprint density at radius 3 is 1.96 bits per heavy atom. The molecule has 3 N–H and O–H groups in total. The number of hydrogen-bond acceptors (Lipinski definition) is 7. The summed E-state index contributed by atoms with van der Waals surface area (Å²) >= 11 is 0. The molecule has 3 amide bonds. The van der Waals surface area contributed by atoms with Gasteiger partial charge < -0.3 is 24.8 Å². The maximum absolute atomic E-state index is 12.8. The highest BCUT2D eigenvalue weighted by Gasteiger charge is 2.18. The fourth-order valence-electron chi connectivity index (χ4n) is 4.37. The van der Waals surface area contributed by atoms with Crippen LogP contribution in [-0.2, 0) is 30.4 Å². The maximum Gasteiger partial charge on any atom is 0.412 e. The molecule has 0 aliphatic rings. The van der Waals surface area contributed by atoms with Gasteiger partial charge in [0.25, 0.3) is 5.91 Å². The molecule has 0 heterocycles. The van der Waals surface area contributed by atoms with Crippen molar-refractivity contribution in [3.05, 3.63) is 90.0 Å². The molecule has 0 saturated heterocycles. The molecule has 10 nitrogen and oxygen atoms in total. The Bertz CT molecular complexity index is 1400. The van der Waals surface area contributed by atoms with Gasteiger partial charge in [0, 0.05) is 24.3 Å². The monoisotopic (exact) mass is 631 g/mol. The molecular formula is C36H45N3O7. The minimum absolute atomic E-state index is 0.0608. The number of rotatable bonds is 17. The van der Waals surface area contributed by atoms with Crippen molar-refractivity contribution in [3.8, 4) is 0 Å². The molecule has 0 aliphatic heterocycles. The van der Waals surface area contributed by atoms with Crippen molar-refractivity contribution >= 4 is 40.9 Å². The zero-order valence-corrected chi connectivity index (χ0v) is 26.9. The van der Waals surface area contributed by atoms with Crippen molar-refractivity contribution in [3.63, 3.8) is 0 Å². The smallest absolute Gasteiger partial charge is 0.412 e. The number of amides is 3. The topological polar surface area (TPSA) is 132 Å². The number of esters is 1. The normalized spacial score (nSPS) is 10.9. The summed E-state index contributed by atoms with van der Waals surface area (Å²) in [5.74, 6) is -0.816. The Hall–Kier alpha value is -4.70. The van der Waals surface area contributed by atoms with Crippen molar-refractivity contribution in [2.24, 2.45) is 0 Å². The highest BCUT2D eigenvalue weighted by molar-refractivity contribution is 6.07. The molecule has 0 radical (unpaired) electrons. The zero-order valence-electron chi connectivity index (χ0n) is 26.9. The number of hydrogen-bond donors (Lipinski definition) is 3. The Morgan fingerprint density at radius 2 is 1.28 bits per heavy atom. The molecule has 0 aliphatic carbocycles. The van der Waals surface area contributed by atoms with Crippen LogP contribution in [0.4, 0.5) is 21.9 Å². The summed E-state index contributed by atoms with van der Waals surface area (Å²) in [6.07, 6.45) is 5.53. The van der Waals surface area contributed by atoms with Gasteiger partial charge in [-0.25, -0.2) is 4.79 Å². The summed E-state index contributed by atoms with van der Waals surface area (Å²) < 4.78 is 16.1. The first-order valence-electron chi connectivity index (χ1n) is 15.7. The number of benzene rings is 3. The largest absolute Gasteiger partial charge is 0.461 e. The van der Waals surface area contributed by atoms with Crippen molar-refractivity contribution in [2.75, 3.05) is 29.2 Å². The van der Waals surface area contributed by atoms with Crippen LogP contribution < -0.4 is 16.0 Å². The van der Waals surface area contributed by atoms with Crippen LogP contribution in [0.25, 0.3) is 0 Å². The minimum atomic E-state index is -0.656. The molecule has 0 unspecified atom stereocenters. The number of para-hydroxylation sites is 2. The van der Waals surface area contributed by atoms with Gasteiger partial charge in [-0.1, -0.05) is 68.1 Å². The fraction of sp³-hybridized carbons (Fsp3) is 0.389. The second-order valence-electron chi connectivity index (χ2n) is 11.8. The third kappa shape index (κ3) is 14.4. The lowest BCUT2D eigenvalue weighted by molar-refractivity contribution is -0.145. The van der Waals surface area contributed by atoms with Crippen LogP contribution in [0.3, 0.4) is 0 Å². The van der Waals surface area contributed by atoms with Crippen molar-refractivity contribution in [1.29, 1.82) is 0 Å². The molecule has 0 fully saturated rings. The van der Waals surface area contributed by atoms with E-state index >= 15 is 0 Å². The van der Waals surface area contributed by atoms with E-state index in [4.69, 9.17) is 14.2 Å². The summed E-state index contributed by atoms with van der Waals surface area (Å²) in [7, 11) is 0. The molecule has 46 heavy (non-hydrogen) atoms. The van der Waals surface area contributed by atoms with Gasteiger partial charge in [0.15, 0.2) is 0 Å². The van der Waals surface area contributed by atoms with E-state index in [2.05, 4.69) is 16.0 Å². The van der Waals surface area contributed by atoms with Crippen LogP contribution >= 0.6 is 0 Å². The van der Waals surface area contributed by atoms with Gasteiger partial charge in [-0.2, -0.15) is 0 Å². The van der Waals surface area contributed by atoms with E-state index in [1.807, 2.05) is 30.3 Å². The summed E-state index contributed by atoms with van der Waals surface area (Å²) in [5.41, 5.74) is 2.08. The molecule has 0 atom stereocenters. The first-order valence-corrected chi connectivity index (χ1v) is 15.7. The first-order chi connectivity index (χ1) is 22.1. The van der Waals surface area contributed by atoms with Crippen LogP contribution in [0.15, 0.2) is 78.9 Å². The SMILES string of the molecule is CC(C)(C)OC(=O)Nc1ccccc1NC(=O)c1ccc(NC(=O)COCCCCCCCCC(=O)OCc2ccccc2)cc1. The third-order valence-corrected chi connectivity index (χ3v) is 6.64. The van der Waals surface area contributed by atoms with E-state index < -0.39 is 11.7 Å². The molecule has 0 spiro atoms. The Kier molecular flexibility index (Phi) is 14.7. The number of anilines is 3. The Balaban J connectivity index is 1.25. The molecular weight excluding hydrogens is 586 g/mol. The predicted octanol–water partition coefficient (Wildman–Crippen LogP) is 7.72. The van der Waals surface area contributed by atoms with E-state index in [0.717, 1.165) is 44.1 Å². The zero-order chi connectivity index (χ0) is 33.2. The highest BCUT2D eigenvalue weighted by Crippen LogP contribution is 2.23. The van der Waals surface area contributed by atoms with Gasteiger partial charge in [-0.15, -0.1) is 0 Å². The second kappa shape index (κ2) is 19.0. The first kappa shape index (κ1) is 35.8. The van der Waals surface area contributed by atoms with Crippen LogP contribution in [0.5, 0.6) is 0 Å². The van der Waals surface area contributed by atoms with Crippen molar-refractivity contribution in [1.82, 2.24) is 0 Å². The molecule has 0 bridgehead atoms. The number of ether oxygens (including phenoxy) is 3. The molecule has 0 saturated carbocycles. The van der Waals surface area contributed by atoms with E-state index in [9.17, 15) is 19.2 Å². The lowest BCUT2D eigenvalue weighted by Gasteiger charge is -2.20. The second-order valence-corrected chi connectivity index (χ2v) is 11.8. The van der Waals surface area contributed by atoms with Gasteiger partial charge in [-0.3, -0.25) is 19.7 Å². The average Bonchev–Trinajstić information content (AvgIpc) is 3.01. The van der Waals surface area contributed by atoms with Crippen LogP contribution in [-0.4, -0.2) is 42.7 Å². The fourth-order valence-corrected chi connectivity index (χ4v) is 4.37. The summed E-state index contributed by atoms with van der Waals surface area (Å²) in [4.78, 5) is 49.2. The number of carbonyl (C=O) groups excluding carboxylic acids is 4. The van der Waals surface area contributed by atoms with Crippen molar-refractivity contribution in [2.45, 2.75) is 77.9 Å².